The number of aromatic carboxylic acids is 1. The van der Waals surface area contributed by atoms with Crippen LogP contribution in [0, 0.1) is 0 Å². The van der Waals surface area contributed by atoms with Crippen molar-refractivity contribution in [3.63, 3.8) is 0 Å². The lowest BCUT2D eigenvalue weighted by atomic mass is 10.1. The van der Waals surface area contributed by atoms with Crippen LogP contribution < -0.4 is 4.74 Å². The minimum Gasteiger partial charge on any atom is -0.489 e. The Hall–Kier alpha value is -1.58. The molecule has 86 valence electrons. The number of carboxylic acids is 1. The number of rotatable bonds is 4. The fourth-order valence-corrected chi connectivity index (χ4v) is 1.39. The molecule has 1 saturated carbocycles. The second-order valence-corrected chi connectivity index (χ2v) is 4.38. The molecule has 1 fully saturated rings. The molecule has 1 aliphatic carbocycles. The number of hydrogen-bond acceptors (Lipinski definition) is 3. The Bertz CT molecular complexity index is 411. The van der Waals surface area contributed by atoms with E-state index < -0.39 is 5.97 Å². The van der Waals surface area contributed by atoms with E-state index >= 15 is 0 Å². The van der Waals surface area contributed by atoms with Gasteiger partial charge in [0.2, 0.25) is 0 Å². The third-order valence-corrected chi connectivity index (χ3v) is 2.53. The van der Waals surface area contributed by atoms with Crippen molar-refractivity contribution in [2.75, 3.05) is 0 Å². The number of hydrogen-bond donors (Lipinski definition) is 1. The van der Waals surface area contributed by atoms with Crippen LogP contribution >= 0.6 is 0 Å². The normalized spacial score (nSPS) is 15.2. The highest BCUT2D eigenvalue weighted by Crippen LogP contribution is 2.30. The maximum absolute atomic E-state index is 11.0. The van der Waals surface area contributed by atoms with Crippen molar-refractivity contribution in [2.45, 2.75) is 38.7 Å². The zero-order valence-electron chi connectivity index (χ0n) is 9.43. The predicted molar refractivity (Wildman–Crippen MR) is 58.9 cm³/mol. The van der Waals surface area contributed by atoms with Crippen molar-refractivity contribution >= 4 is 5.97 Å². The molecular formula is C12H15NO3. The number of ether oxygens (including phenoxy) is 1. The number of carbonyl (C=O) groups is 1. The molecule has 16 heavy (non-hydrogen) atoms. The second kappa shape index (κ2) is 4.12. The van der Waals surface area contributed by atoms with Crippen molar-refractivity contribution in [2.24, 2.45) is 0 Å². The summed E-state index contributed by atoms with van der Waals surface area (Å²) in [7, 11) is 0. The second-order valence-electron chi connectivity index (χ2n) is 4.38. The van der Waals surface area contributed by atoms with Crippen LogP contribution in [0.25, 0.3) is 0 Å². The summed E-state index contributed by atoms with van der Waals surface area (Å²) >= 11 is 0. The van der Waals surface area contributed by atoms with E-state index in [-0.39, 0.29) is 17.6 Å². The largest absolute Gasteiger partial charge is 0.489 e. The zero-order valence-corrected chi connectivity index (χ0v) is 9.43. The lowest BCUT2D eigenvalue weighted by Gasteiger charge is -2.11. The number of pyridine rings is 1. The van der Waals surface area contributed by atoms with Gasteiger partial charge in [0.15, 0.2) is 0 Å². The molecule has 0 radical (unpaired) electrons. The topological polar surface area (TPSA) is 59.4 Å². The molecule has 0 amide bonds. The average molecular weight is 221 g/mol. The Labute approximate surface area is 94.3 Å². The molecule has 2 rings (SSSR count). The number of aromatic nitrogens is 1. The van der Waals surface area contributed by atoms with Gasteiger partial charge in [-0.25, -0.2) is 4.79 Å². The molecule has 1 aliphatic rings. The summed E-state index contributed by atoms with van der Waals surface area (Å²) in [6.07, 6.45) is 3.60. The summed E-state index contributed by atoms with van der Waals surface area (Å²) < 4.78 is 5.59. The van der Waals surface area contributed by atoms with Gasteiger partial charge in [-0.3, -0.25) is 4.98 Å². The van der Waals surface area contributed by atoms with Crippen LogP contribution in [0.4, 0.5) is 0 Å². The first kappa shape index (κ1) is 10.9. The summed E-state index contributed by atoms with van der Waals surface area (Å²) in [6.45, 7) is 4.04. The molecule has 0 unspecified atom stereocenters. The molecule has 0 bridgehead atoms. The van der Waals surface area contributed by atoms with Gasteiger partial charge in [0.1, 0.15) is 11.3 Å². The van der Waals surface area contributed by atoms with E-state index in [0.29, 0.717) is 5.75 Å². The van der Waals surface area contributed by atoms with E-state index in [2.05, 4.69) is 4.98 Å². The number of nitrogens with zero attached hydrogens (tertiary/aromatic N) is 1. The highest BCUT2D eigenvalue weighted by atomic mass is 16.5. The Balaban J connectivity index is 2.33. The third kappa shape index (κ3) is 2.32. The van der Waals surface area contributed by atoms with Gasteiger partial charge in [-0.1, -0.05) is 13.8 Å². The lowest BCUT2D eigenvalue weighted by molar-refractivity contribution is 0.0691. The standard InChI is InChI=1S/C12H15NO3/c1-7(2)10-5-11(16-8-3-4-8)9(6-13-10)12(14)15/h5-8H,3-4H2,1-2H3,(H,14,15). The summed E-state index contributed by atoms with van der Waals surface area (Å²) in [6, 6.07) is 1.74. The van der Waals surface area contributed by atoms with E-state index in [1.54, 1.807) is 6.07 Å². The van der Waals surface area contributed by atoms with Crippen LogP contribution in [0.5, 0.6) is 5.75 Å². The Morgan fingerprint density at radius 1 is 1.56 bits per heavy atom. The number of carboxylic acid groups (broad SMARTS) is 1. The maximum Gasteiger partial charge on any atom is 0.341 e. The zero-order chi connectivity index (χ0) is 11.7. The van der Waals surface area contributed by atoms with Crippen molar-refractivity contribution in [3.8, 4) is 5.75 Å². The predicted octanol–water partition coefficient (Wildman–Crippen LogP) is 2.44. The summed E-state index contributed by atoms with van der Waals surface area (Å²) in [5.74, 6) is -0.267. The SMILES string of the molecule is CC(C)c1cc(OC2CC2)c(C(=O)O)cn1. The molecule has 1 N–H and O–H groups in total. The molecule has 0 atom stereocenters. The molecule has 1 aromatic heterocycles. The molecule has 4 heteroatoms. The van der Waals surface area contributed by atoms with Crippen molar-refractivity contribution in [3.05, 3.63) is 23.5 Å². The summed E-state index contributed by atoms with van der Waals surface area (Å²) in [4.78, 5) is 15.1. The van der Waals surface area contributed by atoms with Crippen LogP contribution in [0.3, 0.4) is 0 Å². The first-order chi connectivity index (χ1) is 7.58. The highest BCUT2D eigenvalue weighted by molar-refractivity contribution is 5.90. The van der Waals surface area contributed by atoms with E-state index in [0.717, 1.165) is 18.5 Å². The molecule has 0 aliphatic heterocycles. The van der Waals surface area contributed by atoms with E-state index in [4.69, 9.17) is 9.84 Å². The molecular weight excluding hydrogens is 206 g/mol. The van der Waals surface area contributed by atoms with E-state index in [1.165, 1.54) is 6.20 Å². The molecule has 0 saturated heterocycles. The summed E-state index contributed by atoms with van der Waals surface area (Å²) in [5.41, 5.74) is 1.01. The maximum atomic E-state index is 11.0. The van der Waals surface area contributed by atoms with Crippen LogP contribution in [-0.2, 0) is 0 Å². The molecule has 4 nitrogen and oxygen atoms in total. The average Bonchev–Trinajstić information content (AvgIpc) is 3.01. The molecule has 1 aromatic rings. The van der Waals surface area contributed by atoms with Crippen LogP contribution in [0.15, 0.2) is 12.3 Å². The Morgan fingerprint density at radius 2 is 2.25 bits per heavy atom. The van der Waals surface area contributed by atoms with Crippen LogP contribution in [0.2, 0.25) is 0 Å². The van der Waals surface area contributed by atoms with Gasteiger partial charge < -0.3 is 9.84 Å². The Kier molecular flexibility index (Phi) is 2.81. The minimum atomic E-state index is -0.988. The molecule has 0 spiro atoms. The lowest BCUT2D eigenvalue weighted by Crippen LogP contribution is -2.07. The first-order valence-electron chi connectivity index (χ1n) is 5.48. The van der Waals surface area contributed by atoms with Gasteiger partial charge in [0.25, 0.3) is 0 Å². The Morgan fingerprint density at radius 3 is 2.75 bits per heavy atom. The van der Waals surface area contributed by atoms with E-state index in [1.807, 2.05) is 13.8 Å². The van der Waals surface area contributed by atoms with Gasteiger partial charge in [-0.2, -0.15) is 0 Å². The van der Waals surface area contributed by atoms with Gasteiger partial charge in [-0.15, -0.1) is 0 Å². The van der Waals surface area contributed by atoms with E-state index in [9.17, 15) is 4.79 Å². The van der Waals surface area contributed by atoms with Gasteiger partial charge in [0, 0.05) is 18.0 Å². The van der Waals surface area contributed by atoms with Gasteiger partial charge >= 0.3 is 5.97 Å². The molecule has 1 heterocycles. The van der Waals surface area contributed by atoms with Crippen molar-refractivity contribution in [1.29, 1.82) is 0 Å². The highest BCUT2D eigenvalue weighted by Gasteiger charge is 2.26. The van der Waals surface area contributed by atoms with Crippen LogP contribution in [0.1, 0.15) is 48.7 Å². The minimum absolute atomic E-state index is 0.149. The van der Waals surface area contributed by atoms with Crippen molar-refractivity contribution in [1.82, 2.24) is 4.98 Å². The van der Waals surface area contributed by atoms with Crippen LogP contribution in [-0.4, -0.2) is 22.2 Å². The smallest absolute Gasteiger partial charge is 0.341 e. The monoisotopic (exact) mass is 221 g/mol. The third-order valence-electron chi connectivity index (χ3n) is 2.53. The first-order valence-corrected chi connectivity index (χ1v) is 5.48. The van der Waals surface area contributed by atoms with Crippen molar-refractivity contribution < 1.29 is 14.6 Å². The molecule has 0 aromatic carbocycles. The van der Waals surface area contributed by atoms with Gasteiger partial charge in [-0.05, 0) is 18.8 Å². The summed E-state index contributed by atoms with van der Waals surface area (Å²) in [5, 5.41) is 9.01. The quantitative estimate of drug-likeness (QED) is 0.848. The van der Waals surface area contributed by atoms with Gasteiger partial charge in [0.05, 0.1) is 6.10 Å². The fraction of sp³-hybridized carbons (Fsp3) is 0.500. The fourth-order valence-electron chi connectivity index (χ4n) is 1.39.